The average molecular weight is 586 g/mol. The number of thiazole rings is 1. The lowest BCUT2D eigenvalue weighted by atomic mass is 9.93. The Bertz CT molecular complexity index is 1780. The van der Waals surface area contributed by atoms with E-state index in [-0.39, 0.29) is 12.2 Å². The number of nitrogens with zero attached hydrogens (tertiary/aromatic N) is 3. The molecular formula is C32H31N3O6S. The third-order valence-corrected chi connectivity index (χ3v) is 8.07. The van der Waals surface area contributed by atoms with E-state index in [4.69, 9.17) is 23.6 Å². The molecule has 0 unspecified atom stereocenters. The summed E-state index contributed by atoms with van der Waals surface area (Å²) in [5, 5.41) is 0. The van der Waals surface area contributed by atoms with Gasteiger partial charge < -0.3 is 23.5 Å². The molecule has 6 rings (SSSR count). The summed E-state index contributed by atoms with van der Waals surface area (Å²) in [5.74, 6) is 1.48. The monoisotopic (exact) mass is 585 g/mol. The molecule has 42 heavy (non-hydrogen) atoms. The number of esters is 1. The van der Waals surface area contributed by atoms with Crippen LogP contribution in [0.5, 0.6) is 5.75 Å². The molecule has 1 atom stereocenters. The fourth-order valence-electron chi connectivity index (χ4n) is 5.17. The number of rotatable bonds is 8. The van der Waals surface area contributed by atoms with Crippen LogP contribution in [-0.2, 0) is 14.3 Å². The van der Waals surface area contributed by atoms with Gasteiger partial charge >= 0.3 is 5.97 Å². The van der Waals surface area contributed by atoms with Crippen molar-refractivity contribution in [2.24, 2.45) is 4.99 Å². The Labute approximate surface area is 246 Å². The molecule has 0 bridgehead atoms. The van der Waals surface area contributed by atoms with Crippen molar-refractivity contribution in [3.05, 3.63) is 109 Å². The Morgan fingerprint density at radius 2 is 1.79 bits per heavy atom. The quantitative estimate of drug-likeness (QED) is 0.291. The topological polar surface area (TPSA) is 95.5 Å². The molecule has 2 aliphatic heterocycles. The average Bonchev–Trinajstić information content (AvgIpc) is 3.62. The number of ether oxygens (including phenoxy) is 3. The van der Waals surface area contributed by atoms with Crippen LogP contribution in [0.1, 0.15) is 36.8 Å². The second-order valence-electron chi connectivity index (χ2n) is 9.71. The van der Waals surface area contributed by atoms with Gasteiger partial charge in [0.1, 0.15) is 11.5 Å². The minimum absolute atomic E-state index is 0.189. The molecule has 4 heterocycles. The summed E-state index contributed by atoms with van der Waals surface area (Å²) < 4.78 is 24.7. The predicted molar refractivity (Wildman–Crippen MR) is 160 cm³/mol. The number of fused-ring (bicyclic) bond motifs is 1. The molecule has 1 saturated heterocycles. The number of furan rings is 1. The highest BCUT2D eigenvalue weighted by molar-refractivity contribution is 7.07. The van der Waals surface area contributed by atoms with Crippen molar-refractivity contribution in [3.63, 3.8) is 0 Å². The van der Waals surface area contributed by atoms with Crippen LogP contribution >= 0.6 is 11.3 Å². The van der Waals surface area contributed by atoms with Crippen molar-refractivity contribution < 1.29 is 23.4 Å². The fraction of sp³-hybridized carbons (Fsp3) is 0.281. The summed E-state index contributed by atoms with van der Waals surface area (Å²) in [6, 6.07) is 19.9. The van der Waals surface area contributed by atoms with E-state index in [9.17, 15) is 9.59 Å². The first-order valence-electron chi connectivity index (χ1n) is 14.0. The summed E-state index contributed by atoms with van der Waals surface area (Å²) in [5.41, 5.74) is 2.02. The van der Waals surface area contributed by atoms with E-state index in [0.717, 1.165) is 30.1 Å². The number of aromatic nitrogens is 1. The van der Waals surface area contributed by atoms with E-state index in [0.29, 0.717) is 51.9 Å². The molecule has 0 saturated carbocycles. The fourth-order valence-corrected chi connectivity index (χ4v) is 6.15. The zero-order chi connectivity index (χ0) is 29.1. The molecule has 0 N–H and O–H groups in total. The molecule has 0 aliphatic carbocycles. The van der Waals surface area contributed by atoms with Crippen LogP contribution in [0.15, 0.2) is 86.5 Å². The van der Waals surface area contributed by atoms with Gasteiger partial charge in [0.05, 0.1) is 48.3 Å². The van der Waals surface area contributed by atoms with Crippen LogP contribution < -0.4 is 24.5 Å². The van der Waals surface area contributed by atoms with Crippen LogP contribution in [0.4, 0.5) is 5.88 Å². The second-order valence-corrected chi connectivity index (χ2v) is 10.7. The van der Waals surface area contributed by atoms with Gasteiger partial charge in [0.25, 0.3) is 5.56 Å². The summed E-state index contributed by atoms with van der Waals surface area (Å²) in [6.07, 6.45) is 1.74. The van der Waals surface area contributed by atoms with Gasteiger partial charge in [-0.25, -0.2) is 9.79 Å². The van der Waals surface area contributed by atoms with Crippen LogP contribution in [-0.4, -0.2) is 50.1 Å². The normalized spacial score (nSPS) is 17.1. The highest BCUT2D eigenvalue weighted by atomic mass is 32.1. The second kappa shape index (κ2) is 12.2. The number of anilines is 1. The van der Waals surface area contributed by atoms with Crippen LogP contribution in [0.3, 0.4) is 0 Å². The van der Waals surface area contributed by atoms with Crippen molar-refractivity contribution in [1.82, 2.24) is 4.57 Å². The number of carbonyl (C=O) groups excluding carboxylic acids is 1. The van der Waals surface area contributed by atoms with Gasteiger partial charge in [0.2, 0.25) is 0 Å². The van der Waals surface area contributed by atoms with Crippen molar-refractivity contribution >= 4 is 35.0 Å². The maximum atomic E-state index is 14.1. The molecule has 2 aliphatic rings. The lowest BCUT2D eigenvalue weighted by molar-refractivity contribution is -0.138. The summed E-state index contributed by atoms with van der Waals surface area (Å²) in [6.45, 7) is 7.18. The van der Waals surface area contributed by atoms with E-state index in [1.165, 1.54) is 11.3 Å². The SMILES string of the molecule is CCOC(=O)C1=C(c2ccccc2)N=c2s/c(=C/c3ccc(N4CCOCC4)o3)c(=O)n2[C@H]1c1ccc(OCC)cc1. The van der Waals surface area contributed by atoms with Gasteiger partial charge in [-0.2, -0.15) is 0 Å². The first kappa shape index (κ1) is 27.7. The highest BCUT2D eigenvalue weighted by Crippen LogP contribution is 2.35. The minimum atomic E-state index is -0.756. The van der Waals surface area contributed by atoms with Gasteiger partial charge in [-0.1, -0.05) is 53.8 Å². The van der Waals surface area contributed by atoms with Crippen molar-refractivity contribution in [1.29, 1.82) is 0 Å². The molecule has 0 amide bonds. The van der Waals surface area contributed by atoms with Crippen LogP contribution in [0, 0.1) is 0 Å². The van der Waals surface area contributed by atoms with Crippen molar-refractivity contribution in [3.8, 4) is 5.75 Å². The Morgan fingerprint density at radius 3 is 2.50 bits per heavy atom. The summed E-state index contributed by atoms with van der Waals surface area (Å²) >= 11 is 1.26. The first-order valence-corrected chi connectivity index (χ1v) is 14.8. The zero-order valence-corrected chi connectivity index (χ0v) is 24.3. The van der Waals surface area contributed by atoms with Crippen LogP contribution in [0.25, 0.3) is 11.8 Å². The lowest BCUT2D eigenvalue weighted by Gasteiger charge is -2.26. The Balaban J connectivity index is 1.53. The molecule has 2 aromatic heterocycles. The standard InChI is InChI=1S/C32H31N3O6S/c1-3-39-23-12-10-22(11-13-23)29-27(31(37)40-4-2)28(21-8-6-5-7-9-21)33-32-35(29)30(36)25(42-32)20-24-14-15-26(41-24)34-16-18-38-19-17-34/h5-15,20,29H,3-4,16-19H2,1-2H3/b25-20+/t29-/m0/s1. The molecule has 1 fully saturated rings. The van der Waals surface area contributed by atoms with E-state index in [1.54, 1.807) is 17.6 Å². The van der Waals surface area contributed by atoms with E-state index in [2.05, 4.69) is 4.90 Å². The number of hydrogen-bond acceptors (Lipinski definition) is 9. The summed E-state index contributed by atoms with van der Waals surface area (Å²) in [7, 11) is 0. The van der Waals surface area contributed by atoms with Gasteiger partial charge in [-0.3, -0.25) is 9.36 Å². The van der Waals surface area contributed by atoms with E-state index < -0.39 is 12.0 Å². The van der Waals surface area contributed by atoms with Gasteiger partial charge in [0, 0.05) is 30.8 Å². The highest BCUT2D eigenvalue weighted by Gasteiger charge is 2.35. The Kier molecular flexibility index (Phi) is 8.07. The molecule has 10 heteroatoms. The van der Waals surface area contributed by atoms with Crippen molar-refractivity contribution in [2.75, 3.05) is 44.4 Å². The summed E-state index contributed by atoms with van der Waals surface area (Å²) in [4.78, 5) is 35.1. The Morgan fingerprint density at radius 1 is 1.02 bits per heavy atom. The number of hydrogen-bond donors (Lipinski definition) is 0. The maximum Gasteiger partial charge on any atom is 0.338 e. The smallest absolute Gasteiger partial charge is 0.338 e. The minimum Gasteiger partial charge on any atom is -0.494 e. The molecule has 9 nitrogen and oxygen atoms in total. The van der Waals surface area contributed by atoms with E-state index >= 15 is 0 Å². The lowest BCUT2D eigenvalue weighted by Crippen LogP contribution is -2.40. The Hall–Kier alpha value is -4.41. The first-order chi connectivity index (χ1) is 20.6. The van der Waals surface area contributed by atoms with Gasteiger partial charge in [-0.15, -0.1) is 0 Å². The zero-order valence-electron chi connectivity index (χ0n) is 23.4. The molecule has 0 radical (unpaired) electrons. The molecule has 4 aromatic rings. The van der Waals surface area contributed by atoms with Crippen LogP contribution in [0.2, 0.25) is 0 Å². The molecule has 216 valence electrons. The maximum absolute atomic E-state index is 14.1. The molecule has 0 spiro atoms. The van der Waals surface area contributed by atoms with E-state index in [1.807, 2.05) is 73.7 Å². The molecular weight excluding hydrogens is 554 g/mol. The van der Waals surface area contributed by atoms with Crippen molar-refractivity contribution in [2.45, 2.75) is 19.9 Å². The largest absolute Gasteiger partial charge is 0.494 e. The third kappa shape index (κ3) is 5.43. The van der Waals surface area contributed by atoms with Gasteiger partial charge in [0.15, 0.2) is 10.7 Å². The molecule has 2 aromatic carbocycles. The van der Waals surface area contributed by atoms with Gasteiger partial charge in [-0.05, 0) is 37.6 Å². The predicted octanol–water partition coefficient (Wildman–Crippen LogP) is 3.76. The number of carbonyl (C=O) groups is 1. The number of morpholine rings is 1. The third-order valence-electron chi connectivity index (χ3n) is 7.09. The number of benzene rings is 2.